The molecule has 1 aliphatic carbocycles. The Morgan fingerprint density at radius 2 is 1.94 bits per heavy atom. The molecule has 1 fully saturated rings. The minimum atomic E-state index is -1.05. The molecule has 5 rings (SSSR count). The van der Waals surface area contributed by atoms with Gasteiger partial charge < -0.3 is 10.1 Å². The highest BCUT2D eigenvalue weighted by Crippen LogP contribution is 2.42. The van der Waals surface area contributed by atoms with Gasteiger partial charge in [-0.1, -0.05) is 6.92 Å². The van der Waals surface area contributed by atoms with Crippen molar-refractivity contribution in [2.24, 2.45) is 5.92 Å². The van der Waals surface area contributed by atoms with Crippen molar-refractivity contribution in [1.29, 1.82) is 0 Å². The van der Waals surface area contributed by atoms with Crippen LogP contribution in [0.5, 0.6) is 0 Å². The van der Waals surface area contributed by atoms with E-state index >= 15 is 0 Å². The smallest absolute Gasteiger partial charge is 0.354 e. The van der Waals surface area contributed by atoms with Crippen LogP contribution in [-0.4, -0.2) is 31.0 Å². The normalized spacial score (nSPS) is 20.2. The van der Waals surface area contributed by atoms with Crippen LogP contribution in [0.2, 0.25) is 0 Å². The zero-order valence-corrected chi connectivity index (χ0v) is 17.2. The Balaban J connectivity index is 1.33. The topological polar surface area (TPSA) is 91.8 Å². The molecule has 0 aliphatic heterocycles. The van der Waals surface area contributed by atoms with Gasteiger partial charge in [-0.05, 0) is 73.4 Å². The number of carboxylic acid groups (broad SMARTS) is 1. The molecule has 2 N–H and O–H groups in total. The van der Waals surface area contributed by atoms with Gasteiger partial charge in [0.15, 0.2) is 0 Å². The summed E-state index contributed by atoms with van der Waals surface area (Å²) >= 11 is 0. The number of H-pyrrole nitrogens is 1. The molecular formula is C24H23FN4O2. The zero-order chi connectivity index (χ0) is 21.5. The van der Waals surface area contributed by atoms with Crippen LogP contribution in [0.15, 0.2) is 42.7 Å². The molecule has 6 nitrogen and oxygen atoms in total. The number of pyridine rings is 2. The molecule has 31 heavy (non-hydrogen) atoms. The van der Waals surface area contributed by atoms with E-state index in [0.717, 1.165) is 47.9 Å². The number of carbonyl (C=O) groups is 1. The fourth-order valence-corrected chi connectivity index (χ4v) is 4.91. The Morgan fingerprint density at radius 1 is 1.13 bits per heavy atom. The number of hydrogen-bond donors (Lipinski definition) is 2. The minimum Gasteiger partial charge on any atom is -0.477 e. The Morgan fingerprint density at radius 3 is 2.71 bits per heavy atom. The van der Waals surface area contributed by atoms with Gasteiger partial charge in [0.25, 0.3) is 0 Å². The second kappa shape index (κ2) is 7.72. The van der Waals surface area contributed by atoms with Gasteiger partial charge in [0, 0.05) is 17.5 Å². The van der Waals surface area contributed by atoms with Gasteiger partial charge >= 0.3 is 5.97 Å². The molecule has 3 aromatic heterocycles. The Hall–Kier alpha value is -3.35. The highest BCUT2D eigenvalue weighted by atomic mass is 19.1. The van der Waals surface area contributed by atoms with E-state index in [0.29, 0.717) is 17.4 Å². The van der Waals surface area contributed by atoms with Crippen LogP contribution in [0.1, 0.15) is 66.3 Å². The van der Waals surface area contributed by atoms with Crippen molar-refractivity contribution in [2.75, 3.05) is 0 Å². The average Bonchev–Trinajstić information content (AvgIpc) is 3.21. The molecule has 0 saturated heterocycles. The van der Waals surface area contributed by atoms with Crippen LogP contribution in [0.3, 0.4) is 0 Å². The number of halogens is 1. The highest BCUT2D eigenvalue weighted by molar-refractivity contribution is 5.89. The summed E-state index contributed by atoms with van der Waals surface area (Å²) in [6.45, 7) is 2.17. The summed E-state index contributed by atoms with van der Waals surface area (Å²) in [4.78, 5) is 27.5. The van der Waals surface area contributed by atoms with Crippen molar-refractivity contribution in [3.05, 3.63) is 65.6 Å². The molecule has 0 radical (unpaired) electrons. The first-order valence-electron chi connectivity index (χ1n) is 10.6. The fraction of sp³-hybridized carbons (Fsp3) is 0.333. The van der Waals surface area contributed by atoms with E-state index in [1.54, 1.807) is 12.1 Å². The van der Waals surface area contributed by atoms with Crippen molar-refractivity contribution in [2.45, 2.75) is 44.4 Å². The minimum absolute atomic E-state index is 0.000254. The Labute approximate surface area is 178 Å². The summed E-state index contributed by atoms with van der Waals surface area (Å²) in [5, 5.41) is 10.1. The lowest BCUT2D eigenvalue weighted by Crippen LogP contribution is -2.19. The number of hydrogen-bond acceptors (Lipinski definition) is 4. The molecule has 1 aliphatic rings. The average molecular weight is 418 g/mol. The first-order valence-corrected chi connectivity index (χ1v) is 10.6. The zero-order valence-electron chi connectivity index (χ0n) is 17.2. The van der Waals surface area contributed by atoms with E-state index in [1.165, 1.54) is 23.9 Å². The third-order valence-corrected chi connectivity index (χ3v) is 6.69. The monoisotopic (exact) mass is 418 g/mol. The van der Waals surface area contributed by atoms with Gasteiger partial charge in [-0.3, -0.25) is 4.98 Å². The third kappa shape index (κ3) is 3.65. The van der Waals surface area contributed by atoms with Gasteiger partial charge in [0.2, 0.25) is 0 Å². The van der Waals surface area contributed by atoms with E-state index in [2.05, 4.69) is 26.9 Å². The van der Waals surface area contributed by atoms with Crippen molar-refractivity contribution < 1.29 is 14.3 Å². The van der Waals surface area contributed by atoms with Gasteiger partial charge in [-0.2, -0.15) is 0 Å². The van der Waals surface area contributed by atoms with Gasteiger partial charge in [0.05, 0.1) is 22.7 Å². The second-order valence-corrected chi connectivity index (χ2v) is 8.48. The summed E-state index contributed by atoms with van der Waals surface area (Å²) in [7, 11) is 0. The molecule has 0 bridgehead atoms. The lowest BCUT2D eigenvalue weighted by molar-refractivity contribution is 0.0690. The molecule has 3 heterocycles. The van der Waals surface area contributed by atoms with E-state index in [9.17, 15) is 9.18 Å². The Bertz CT molecular complexity index is 1280. The summed E-state index contributed by atoms with van der Waals surface area (Å²) in [5.41, 5.74) is 3.41. The molecule has 0 amide bonds. The van der Waals surface area contributed by atoms with E-state index in [1.807, 2.05) is 12.3 Å². The van der Waals surface area contributed by atoms with Crippen LogP contribution in [0.4, 0.5) is 4.39 Å². The summed E-state index contributed by atoms with van der Waals surface area (Å²) in [6.07, 6.45) is 7.54. The number of aromatic nitrogens is 4. The molecule has 1 aromatic carbocycles. The van der Waals surface area contributed by atoms with Gasteiger partial charge in [-0.15, -0.1) is 0 Å². The predicted molar refractivity (Wildman–Crippen MR) is 116 cm³/mol. The summed E-state index contributed by atoms with van der Waals surface area (Å²) in [5.74, 6) is 0.700. The second-order valence-electron chi connectivity index (χ2n) is 8.48. The van der Waals surface area contributed by atoms with Crippen LogP contribution >= 0.6 is 0 Å². The summed E-state index contributed by atoms with van der Waals surface area (Å²) in [6, 6.07) is 8.34. The number of imidazole rings is 1. The summed E-state index contributed by atoms with van der Waals surface area (Å²) < 4.78 is 13.8. The number of benzene rings is 1. The van der Waals surface area contributed by atoms with E-state index in [4.69, 9.17) is 5.11 Å². The quantitative estimate of drug-likeness (QED) is 0.462. The maximum Gasteiger partial charge on any atom is 0.354 e. The van der Waals surface area contributed by atoms with Crippen LogP contribution < -0.4 is 0 Å². The maximum absolute atomic E-state index is 13.8. The molecule has 7 heteroatoms. The van der Waals surface area contributed by atoms with E-state index in [-0.39, 0.29) is 17.4 Å². The number of nitrogens with zero attached hydrogens (tertiary/aromatic N) is 3. The van der Waals surface area contributed by atoms with Crippen LogP contribution in [0.25, 0.3) is 21.9 Å². The number of aromatic carboxylic acids is 1. The van der Waals surface area contributed by atoms with Gasteiger partial charge in [0.1, 0.15) is 17.3 Å². The molecule has 158 valence electrons. The van der Waals surface area contributed by atoms with Crippen molar-refractivity contribution in [3.8, 4) is 0 Å². The lowest BCUT2D eigenvalue weighted by Gasteiger charge is -2.32. The SMILES string of the molecule is C[C@@H](c1nc2cc(C(=O)O)ncc2[nH]1)[C@H]1CC[C@@H](c2ccnc3ccc(F)cc32)CC1. The van der Waals surface area contributed by atoms with Gasteiger partial charge in [-0.25, -0.2) is 19.2 Å². The first-order chi connectivity index (χ1) is 15.0. The molecule has 0 unspecified atom stereocenters. The predicted octanol–water partition coefficient (Wildman–Crippen LogP) is 5.42. The molecule has 1 atom stereocenters. The number of carboxylic acids is 1. The first kappa shape index (κ1) is 19.6. The third-order valence-electron chi connectivity index (χ3n) is 6.69. The maximum atomic E-state index is 13.8. The number of aromatic amines is 1. The van der Waals surface area contributed by atoms with Crippen molar-refractivity contribution in [1.82, 2.24) is 19.9 Å². The lowest BCUT2D eigenvalue weighted by atomic mass is 9.73. The van der Waals surface area contributed by atoms with Crippen molar-refractivity contribution in [3.63, 3.8) is 0 Å². The fourth-order valence-electron chi connectivity index (χ4n) is 4.91. The van der Waals surface area contributed by atoms with Crippen LogP contribution in [-0.2, 0) is 0 Å². The van der Waals surface area contributed by atoms with Crippen LogP contribution in [0, 0.1) is 11.7 Å². The largest absolute Gasteiger partial charge is 0.477 e. The molecule has 4 aromatic rings. The molecule has 0 spiro atoms. The molecular weight excluding hydrogens is 395 g/mol. The van der Waals surface area contributed by atoms with Crippen molar-refractivity contribution >= 4 is 27.9 Å². The molecule has 1 saturated carbocycles. The number of rotatable bonds is 4. The standard InChI is InChI=1S/C24H23FN4O2/c1-13(23-28-20-11-21(24(30)31)27-12-22(20)29-23)14-2-4-15(5-3-14)17-8-9-26-19-7-6-16(25)10-18(17)19/h6-15H,2-5H2,1H3,(H,28,29)(H,30,31)/t13-,14-,15+/m1/s1. The van der Waals surface area contributed by atoms with E-state index < -0.39 is 5.97 Å². The number of nitrogens with one attached hydrogen (secondary N) is 1. The number of fused-ring (bicyclic) bond motifs is 2. The highest BCUT2D eigenvalue weighted by Gasteiger charge is 2.29. The Kier molecular flexibility index (Phi) is 4.88.